The summed E-state index contributed by atoms with van der Waals surface area (Å²) in [6.07, 6.45) is 2.88. The van der Waals surface area contributed by atoms with Crippen molar-refractivity contribution in [2.45, 2.75) is 6.92 Å². The fraction of sp³-hybridized carbons (Fsp3) is 0.167. The molecule has 0 atom stereocenters. The van der Waals surface area contributed by atoms with Crippen LogP contribution in [0.15, 0.2) is 12.4 Å². The van der Waals surface area contributed by atoms with Gasteiger partial charge in [0.25, 0.3) is 0 Å². The zero-order chi connectivity index (χ0) is 6.85. The summed E-state index contributed by atoms with van der Waals surface area (Å²) in [5, 5.41) is 8.96. The fourth-order valence-electron chi connectivity index (χ4n) is 0.530. The molecule has 0 aromatic carbocycles. The molecule has 4 heteroatoms. The lowest BCUT2D eigenvalue weighted by Gasteiger charge is -1.98. The maximum absolute atomic E-state index is 8.96. The second kappa shape index (κ2) is 3.27. The van der Waals surface area contributed by atoms with E-state index in [0.29, 0.717) is 11.3 Å². The predicted octanol–water partition coefficient (Wildman–Crippen LogP) is 1.10. The molecule has 1 aromatic heterocycles. The van der Waals surface area contributed by atoms with Gasteiger partial charge in [0, 0.05) is 5.56 Å². The van der Waals surface area contributed by atoms with Crippen LogP contribution < -0.4 is 5.73 Å². The number of nitrogens with two attached hydrogens (primary N) is 1. The molecule has 0 spiro atoms. The Kier molecular flexibility index (Phi) is 2.96. The number of nitrogens with zero attached hydrogens (tertiary/aromatic N) is 1. The van der Waals surface area contributed by atoms with E-state index in [9.17, 15) is 0 Å². The third kappa shape index (κ3) is 1.51. The number of rotatable bonds is 0. The standard InChI is InChI=1S/C6H8N2O.ClH/c1-4-5(7)2-8-3-6(4)9;/h2-3,9H,7H2,1H3;1H. The highest BCUT2D eigenvalue weighted by molar-refractivity contribution is 5.85. The zero-order valence-electron chi connectivity index (χ0n) is 5.53. The summed E-state index contributed by atoms with van der Waals surface area (Å²) < 4.78 is 0. The number of hydrogen-bond acceptors (Lipinski definition) is 3. The minimum atomic E-state index is 0. The van der Waals surface area contributed by atoms with Crippen LogP contribution in [0, 0.1) is 6.92 Å². The normalized spacial score (nSPS) is 8.50. The van der Waals surface area contributed by atoms with Crippen molar-refractivity contribution in [1.29, 1.82) is 0 Å². The van der Waals surface area contributed by atoms with Gasteiger partial charge in [0.1, 0.15) is 5.75 Å². The summed E-state index contributed by atoms with van der Waals surface area (Å²) in [7, 11) is 0. The highest BCUT2D eigenvalue weighted by atomic mass is 35.5. The Bertz CT molecular complexity index is 207. The first-order valence-corrected chi connectivity index (χ1v) is 2.61. The Hall–Kier alpha value is -0.960. The van der Waals surface area contributed by atoms with Gasteiger partial charge in [-0.3, -0.25) is 4.98 Å². The van der Waals surface area contributed by atoms with Crippen molar-refractivity contribution in [2.75, 3.05) is 5.73 Å². The first kappa shape index (κ1) is 9.04. The average Bonchev–Trinajstić information content (AvgIpc) is 1.83. The third-order valence-electron chi connectivity index (χ3n) is 1.23. The molecule has 0 saturated carbocycles. The van der Waals surface area contributed by atoms with Crippen molar-refractivity contribution in [3.8, 4) is 5.75 Å². The van der Waals surface area contributed by atoms with Gasteiger partial charge in [-0.2, -0.15) is 0 Å². The lowest BCUT2D eigenvalue weighted by Crippen LogP contribution is -1.89. The molecule has 3 nitrogen and oxygen atoms in total. The second-order valence-electron chi connectivity index (χ2n) is 1.87. The van der Waals surface area contributed by atoms with Gasteiger partial charge in [0.15, 0.2) is 0 Å². The Labute approximate surface area is 65.3 Å². The molecule has 10 heavy (non-hydrogen) atoms. The van der Waals surface area contributed by atoms with E-state index in [4.69, 9.17) is 10.8 Å². The molecule has 0 unspecified atom stereocenters. The number of hydrogen-bond donors (Lipinski definition) is 2. The molecule has 0 bridgehead atoms. The quantitative estimate of drug-likeness (QED) is 0.598. The van der Waals surface area contributed by atoms with Crippen LogP contribution >= 0.6 is 12.4 Å². The van der Waals surface area contributed by atoms with Gasteiger partial charge < -0.3 is 10.8 Å². The van der Waals surface area contributed by atoms with Gasteiger partial charge >= 0.3 is 0 Å². The van der Waals surface area contributed by atoms with Gasteiger partial charge in [-0.1, -0.05) is 0 Å². The SMILES string of the molecule is Cc1c(N)cncc1O.Cl. The van der Waals surface area contributed by atoms with Crippen LogP contribution in [-0.2, 0) is 0 Å². The van der Waals surface area contributed by atoms with E-state index in [1.165, 1.54) is 12.4 Å². The molecule has 0 saturated heterocycles. The van der Waals surface area contributed by atoms with Crippen LogP contribution in [0.2, 0.25) is 0 Å². The van der Waals surface area contributed by atoms with Crippen molar-refractivity contribution in [2.24, 2.45) is 0 Å². The van der Waals surface area contributed by atoms with E-state index in [-0.39, 0.29) is 18.2 Å². The van der Waals surface area contributed by atoms with E-state index in [1.807, 2.05) is 0 Å². The van der Waals surface area contributed by atoms with Crippen LogP contribution in [0.5, 0.6) is 5.75 Å². The maximum atomic E-state index is 8.96. The van der Waals surface area contributed by atoms with Crippen molar-refractivity contribution < 1.29 is 5.11 Å². The van der Waals surface area contributed by atoms with Gasteiger partial charge in [0.05, 0.1) is 18.1 Å². The molecule has 3 N–H and O–H groups in total. The Balaban J connectivity index is 0.000000810. The first-order chi connectivity index (χ1) is 4.22. The Morgan fingerprint density at radius 2 is 2.10 bits per heavy atom. The average molecular weight is 161 g/mol. The van der Waals surface area contributed by atoms with E-state index in [2.05, 4.69) is 4.98 Å². The third-order valence-corrected chi connectivity index (χ3v) is 1.23. The second-order valence-corrected chi connectivity index (χ2v) is 1.87. The molecule has 56 valence electrons. The molecule has 0 radical (unpaired) electrons. The number of aromatic hydroxyl groups is 1. The lowest BCUT2D eigenvalue weighted by atomic mass is 10.2. The summed E-state index contributed by atoms with van der Waals surface area (Å²) in [5.74, 6) is 0.148. The molecular weight excluding hydrogens is 152 g/mol. The van der Waals surface area contributed by atoms with E-state index in [0.717, 1.165) is 0 Å². The number of pyridine rings is 1. The van der Waals surface area contributed by atoms with E-state index in [1.54, 1.807) is 6.92 Å². The van der Waals surface area contributed by atoms with Gasteiger partial charge in [0.2, 0.25) is 0 Å². The molecule has 0 aliphatic carbocycles. The first-order valence-electron chi connectivity index (χ1n) is 2.61. The van der Waals surface area contributed by atoms with E-state index >= 15 is 0 Å². The molecule has 0 aliphatic rings. The lowest BCUT2D eigenvalue weighted by molar-refractivity contribution is 0.469. The largest absolute Gasteiger partial charge is 0.506 e. The number of anilines is 1. The fourth-order valence-corrected chi connectivity index (χ4v) is 0.530. The van der Waals surface area contributed by atoms with Crippen molar-refractivity contribution in [3.63, 3.8) is 0 Å². The number of aromatic nitrogens is 1. The Morgan fingerprint density at radius 1 is 1.50 bits per heavy atom. The Morgan fingerprint density at radius 3 is 2.50 bits per heavy atom. The van der Waals surface area contributed by atoms with Crippen molar-refractivity contribution >= 4 is 18.1 Å². The van der Waals surface area contributed by atoms with Crippen molar-refractivity contribution in [3.05, 3.63) is 18.0 Å². The molecule has 0 aliphatic heterocycles. The highest BCUT2D eigenvalue weighted by Gasteiger charge is 1.96. The topological polar surface area (TPSA) is 59.1 Å². The zero-order valence-corrected chi connectivity index (χ0v) is 6.35. The van der Waals surface area contributed by atoms with Crippen molar-refractivity contribution in [1.82, 2.24) is 4.98 Å². The summed E-state index contributed by atoms with van der Waals surface area (Å²) >= 11 is 0. The summed E-state index contributed by atoms with van der Waals surface area (Å²) in [4.78, 5) is 3.67. The van der Waals surface area contributed by atoms with E-state index < -0.39 is 0 Å². The van der Waals surface area contributed by atoms with Gasteiger partial charge in [-0.25, -0.2) is 0 Å². The molecule has 0 amide bonds. The summed E-state index contributed by atoms with van der Waals surface area (Å²) in [5.41, 5.74) is 6.61. The minimum absolute atomic E-state index is 0. The number of halogens is 1. The van der Waals surface area contributed by atoms with Gasteiger partial charge in [-0.05, 0) is 6.92 Å². The van der Waals surface area contributed by atoms with Crippen LogP contribution in [0.25, 0.3) is 0 Å². The molecule has 1 heterocycles. The maximum Gasteiger partial charge on any atom is 0.138 e. The summed E-state index contributed by atoms with van der Waals surface area (Å²) in [6, 6.07) is 0. The highest BCUT2D eigenvalue weighted by Crippen LogP contribution is 2.18. The molecular formula is C6H9ClN2O. The predicted molar refractivity (Wildman–Crippen MR) is 42.3 cm³/mol. The molecule has 1 rings (SSSR count). The van der Waals surface area contributed by atoms with Crippen LogP contribution in [0.1, 0.15) is 5.56 Å². The number of nitrogen functional groups attached to an aromatic ring is 1. The molecule has 1 aromatic rings. The monoisotopic (exact) mass is 160 g/mol. The van der Waals surface area contributed by atoms with Crippen LogP contribution in [0.3, 0.4) is 0 Å². The molecule has 0 fully saturated rings. The van der Waals surface area contributed by atoms with Crippen LogP contribution in [-0.4, -0.2) is 10.1 Å². The minimum Gasteiger partial charge on any atom is -0.506 e. The van der Waals surface area contributed by atoms with Crippen LogP contribution in [0.4, 0.5) is 5.69 Å². The summed E-state index contributed by atoms with van der Waals surface area (Å²) in [6.45, 7) is 1.74. The van der Waals surface area contributed by atoms with Gasteiger partial charge in [-0.15, -0.1) is 12.4 Å². The smallest absolute Gasteiger partial charge is 0.138 e.